The highest BCUT2D eigenvalue weighted by molar-refractivity contribution is 5.73. The van der Waals surface area contributed by atoms with Gasteiger partial charge in [0.05, 0.1) is 6.42 Å². The van der Waals surface area contributed by atoms with Crippen LogP contribution in [0.2, 0.25) is 0 Å². The summed E-state index contributed by atoms with van der Waals surface area (Å²) < 4.78 is 5.24. The lowest BCUT2D eigenvalue weighted by Gasteiger charge is -2.39. The summed E-state index contributed by atoms with van der Waals surface area (Å²) in [5.74, 6) is -1.64. The van der Waals surface area contributed by atoms with Gasteiger partial charge >= 0.3 is 5.97 Å². The van der Waals surface area contributed by atoms with Crippen LogP contribution in [0, 0.1) is 5.92 Å². The fourth-order valence-electron chi connectivity index (χ4n) is 3.19. The Bertz CT molecular complexity index is 428. The van der Waals surface area contributed by atoms with Crippen LogP contribution < -0.4 is 0 Å². The average Bonchev–Trinajstić information content (AvgIpc) is 2.63. The van der Waals surface area contributed by atoms with Crippen LogP contribution >= 0.6 is 0 Å². The van der Waals surface area contributed by atoms with Crippen molar-refractivity contribution < 1.29 is 14.6 Å². The maximum atomic E-state index is 11.4. The third-order valence-electron chi connectivity index (χ3n) is 4.02. The summed E-state index contributed by atoms with van der Waals surface area (Å²) in [6, 6.07) is 9.86. The van der Waals surface area contributed by atoms with Crippen LogP contribution in [0.25, 0.3) is 0 Å². The first-order valence-electron chi connectivity index (χ1n) is 6.19. The minimum absolute atomic E-state index is 0.0334. The van der Waals surface area contributed by atoms with Crippen molar-refractivity contribution in [1.29, 1.82) is 0 Å². The van der Waals surface area contributed by atoms with E-state index in [1.165, 1.54) is 0 Å². The van der Waals surface area contributed by atoms with Gasteiger partial charge in [-0.05, 0) is 18.4 Å². The van der Waals surface area contributed by atoms with Gasteiger partial charge < -0.3 is 9.84 Å². The van der Waals surface area contributed by atoms with Crippen LogP contribution in [0.1, 0.15) is 37.2 Å². The number of hydrogen-bond donors (Lipinski definition) is 1. The lowest BCUT2D eigenvalue weighted by atomic mass is 9.73. The quantitative estimate of drug-likeness (QED) is 0.755. The Hall–Kier alpha value is -1.35. The highest BCUT2D eigenvalue weighted by Gasteiger charge is 2.55. The standard InChI is InChI=1S/C14H16O3/c15-13-9-11-7-4-8-12(14(11,16)17-13)10-5-2-1-3-6-10/h1-3,5-6,11-12,16H,4,7-9H2/t11-,12-,14+/m1/s1. The summed E-state index contributed by atoms with van der Waals surface area (Å²) in [6.07, 6.45) is 3.17. The molecular weight excluding hydrogens is 216 g/mol. The zero-order valence-corrected chi connectivity index (χ0v) is 9.63. The van der Waals surface area contributed by atoms with Crippen molar-refractivity contribution in [3.63, 3.8) is 0 Å². The van der Waals surface area contributed by atoms with Crippen LogP contribution in [-0.2, 0) is 9.53 Å². The van der Waals surface area contributed by atoms with E-state index in [2.05, 4.69) is 0 Å². The van der Waals surface area contributed by atoms with E-state index in [4.69, 9.17) is 4.74 Å². The van der Waals surface area contributed by atoms with E-state index >= 15 is 0 Å². The van der Waals surface area contributed by atoms with Gasteiger partial charge in [0, 0.05) is 11.8 Å². The van der Waals surface area contributed by atoms with Gasteiger partial charge in [0.1, 0.15) is 0 Å². The summed E-state index contributed by atoms with van der Waals surface area (Å²) >= 11 is 0. The molecule has 3 nitrogen and oxygen atoms in total. The number of fused-ring (bicyclic) bond motifs is 1. The topological polar surface area (TPSA) is 46.5 Å². The molecule has 3 atom stereocenters. The van der Waals surface area contributed by atoms with Crippen LogP contribution in [0.5, 0.6) is 0 Å². The first-order valence-corrected chi connectivity index (χ1v) is 6.19. The molecule has 1 aliphatic heterocycles. The van der Waals surface area contributed by atoms with Gasteiger partial charge in [0.25, 0.3) is 0 Å². The van der Waals surface area contributed by atoms with Gasteiger partial charge in [-0.25, -0.2) is 0 Å². The van der Waals surface area contributed by atoms with Crippen LogP contribution in [0.15, 0.2) is 30.3 Å². The molecule has 0 unspecified atom stereocenters. The molecule has 2 fully saturated rings. The molecule has 0 spiro atoms. The van der Waals surface area contributed by atoms with Gasteiger partial charge in [0.15, 0.2) is 0 Å². The van der Waals surface area contributed by atoms with E-state index in [0.29, 0.717) is 6.42 Å². The van der Waals surface area contributed by atoms with E-state index in [-0.39, 0.29) is 17.8 Å². The first-order chi connectivity index (χ1) is 8.20. The second-order valence-electron chi connectivity index (χ2n) is 5.02. The van der Waals surface area contributed by atoms with Crippen molar-refractivity contribution in [1.82, 2.24) is 0 Å². The first kappa shape index (κ1) is 10.8. The number of carbonyl (C=O) groups is 1. The Labute approximate surface area is 100 Å². The fraction of sp³-hybridized carbons (Fsp3) is 0.500. The fourth-order valence-corrected chi connectivity index (χ4v) is 3.19. The number of rotatable bonds is 1. The Balaban J connectivity index is 1.97. The van der Waals surface area contributed by atoms with E-state index in [0.717, 1.165) is 24.8 Å². The molecule has 1 N–H and O–H groups in total. The predicted octanol–water partition coefficient (Wildman–Crippen LogP) is 2.21. The average molecular weight is 232 g/mol. The number of hydrogen-bond acceptors (Lipinski definition) is 3. The van der Waals surface area contributed by atoms with Gasteiger partial charge in [-0.3, -0.25) is 4.79 Å². The molecule has 0 amide bonds. The summed E-state index contributed by atoms with van der Waals surface area (Å²) in [6.45, 7) is 0. The zero-order chi connectivity index (χ0) is 11.9. The second kappa shape index (κ2) is 3.84. The van der Waals surface area contributed by atoms with Crippen molar-refractivity contribution in [3.8, 4) is 0 Å². The molecule has 3 rings (SSSR count). The Morgan fingerprint density at radius 3 is 2.76 bits per heavy atom. The number of ether oxygens (including phenoxy) is 1. The molecule has 1 aromatic carbocycles. The van der Waals surface area contributed by atoms with Crippen LogP contribution in [-0.4, -0.2) is 16.9 Å². The molecule has 1 aromatic rings. The third kappa shape index (κ3) is 1.65. The monoisotopic (exact) mass is 232 g/mol. The predicted molar refractivity (Wildman–Crippen MR) is 62.2 cm³/mol. The molecule has 3 heteroatoms. The van der Waals surface area contributed by atoms with Gasteiger partial charge in [-0.15, -0.1) is 0 Å². The minimum Gasteiger partial charge on any atom is -0.432 e. The van der Waals surface area contributed by atoms with Gasteiger partial charge in [-0.2, -0.15) is 0 Å². The lowest BCUT2D eigenvalue weighted by Crippen LogP contribution is -2.44. The number of carbonyl (C=O) groups excluding carboxylic acids is 1. The zero-order valence-electron chi connectivity index (χ0n) is 9.63. The molecule has 17 heavy (non-hydrogen) atoms. The molecule has 1 saturated heterocycles. The number of esters is 1. The molecule has 0 bridgehead atoms. The lowest BCUT2D eigenvalue weighted by molar-refractivity contribution is -0.221. The van der Waals surface area contributed by atoms with E-state index in [1.54, 1.807) is 0 Å². The molecular formula is C14H16O3. The Morgan fingerprint density at radius 2 is 2.00 bits per heavy atom. The van der Waals surface area contributed by atoms with Crippen molar-refractivity contribution in [2.45, 2.75) is 37.4 Å². The van der Waals surface area contributed by atoms with Crippen LogP contribution in [0.3, 0.4) is 0 Å². The van der Waals surface area contributed by atoms with E-state index in [1.807, 2.05) is 30.3 Å². The van der Waals surface area contributed by atoms with Crippen molar-refractivity contribution >= 4 is 5.97 Å². The number of aliphatic hydroxyl groups is 1. The third-order valence-corrected chi connectivity index (χ3v) is 4.02. The van der Waals surface area contributed by atoms with Gasteiger partial charge in [-0.1, -0.05) is 36.8 Å². The largest absolute Gasteiger partial charge is 0.432 e. The smallest absolute Gasteiger partial charge is 0.308 e. The van der Waals surface area contributed by atoms with Gasteiger partial charge in [0.2, 0.25) is 5.79 Å². The Kier molecular flexibility index (Phi) is 2.44. The summed E-state index contributed by atoms with van der Waals surface area (Å²) in [5.41, 5.74) is 1.06. The van der Waals surface area contributed by atoms with Crippen LogP contribution in [0.4, 0.5) is 0 Å². The summed E-state index contributed by atoms with van der Waals surface area (Å²) in [5, 5.41) is 10.7. The molecule has 1 saturated carbocycles. The maximum Gasteiger partial charge on any atom is 0.308 e. The van der Waals surface area contributed by atoms with Crippen molar-refractivity contribution in [3.05, 3.63) is 35.9 Å². The Morgan fingerprint density at radius 1 is 1.24 bits per heavy atom. The maximum absolute atomic E-state index is 11.4. The highest BCUT2D eigenvalue weighted by atomic mass is 16.7. The summed E-state index contributed by atoms with van der Waals surface area (Å²) in [7, 11) is 0. The molecule has 1 aliphatic carbocycles. The minimum atomic E-state index is -1.27. The normalized spacial score (nSPS) is 36.4. The molecule has 0 radical (unpaired) electrons. The molecule has 0 aromatic heterocycles. The number of benzene rings is 1. The molecule has 2 aliphatic rings. The SMILES string of the molecule is O=C1C[C@H]2CCC[C@H](c3ccccc3)[C@@]2(O)O1. The van der Waals surface area contributed by atoms with E-state index in [9.17, 15) is 9.90 Å². The van der Waals surface area contributed by atoms with Crippen molar-refractivity contribution in [2.75, 3.05) is 0 Å². The summed E-state index contributed by atoms with van der Waals surface area (Å²) in [4.78, 5) is 11.4. The second-order valence-corrected chi connectivity index (χ2v) is 5.02. The molecule has 90 valence electrons. The van der Waals surface area contributed by atoms with E-state index < -0.39 is 5.79 Å². The molecule has 1 heterocycles. The van der Waals surface area contributed by atoms with Crippen molar-refractivity contribution in [2.24, 2.45) is 5.92 Å². The highest BCUT2D eigenvalue weighted by Crippen LogP contribution is 2.49.